The molecule has 1 unspecified atom stereocenters. The van der Waals surface area contributed by atoms with E-state index in [4.69, 9.17) is 0 Å². The Labute approximate surface area is 114 Å². The summed E-state index contributed by atoms with van der Waals surface area (Å²) in [6.45, 7) is 7.98. The predicted octanol–water partition coefficient (Wildman–Crippen LogP) is 2.91. The summed E-state index contributed by atoms with van der Waals surface area (Å²) >= 11 is 0. The molecule has 0 amide bonds. The Morgan fingerprint density at radius 2 is 2.16 bits per heavy atom. The summed E-state index contributed by atoms with van der Waals surface area (Å²) in [6, 6.07) is 4.48. The lowest BCUT2D eigenvalue weighted by Gasteiger charge is -2.21. The van der Waals surface area contributed by atoms with Crippen molar-refractivity contribution in [1.29, 1.82) is 5.26 Å². The van der Waals surface area contributed by atoms with Gasteiger partial charge in [-0.05, 0) is 32.8 Å². The monoisotopic (exact) mass is 259 g/mol. The van der Waals surface area contributed by atoms with Crippen LogP contribution < -0.4 is 0 Å². The van der Waals surface area contributed by atoms with Gasteiger partial charge in [0, 0.05) is 24.1 Å². The van der Waals surface area contributed by atoms with E-state index in [0.717, 1.165) is 12.1 Å². The van der Waals surface area contributed by atoms with Crippen molar-refractivity contribution in [3.63, 3.8) is 0 Å². The van der Waals surface area contributed by atoms with E-state index in [1.165, 1.54) is 0 Å². The van der Waals surface area contributed by atoms with Crippen LogP contribution in [0.3, 0.4) is 0 Å². The molecule has 1 aliphatic carbocycles. The number of nitrogens with zero attached hydrogens (tertiary/aromatic N) is 3. The second kappa shape index (κ2) is 4.48. The zero-order valence-corrected chi connectivity index (χ0v) is 12.1. The molecule has 0 aromatic carbocycles. The highest BCUT2D eigenvalue weighted by Gasteiger charge is 2.52. The van der Waals surface area contributed by atoms with Gasteiger partial charge in [-0.2, -0.15) is 10.4 Å². The van der Waals surface area contributed by atoms with E-state index in [1.54, 1.807) is 0 Å². The van der Waals surface area contributed by atoms with Crippen LogP contribution in [-0.4, -0.2) is 15.6 Å². The van der Waals surface area contributed by atoms with Crippen LogP contribution in [0.25, 0.3) is 0 Å². The molecule has 4 nitrogen and oxygen atoms in total. The topological polar surface area (TPSA) is 58.7 Å². The largest absolute Gasteiger partial charge is 0.297 e. The Kier molecular flexibility index (Phi) is 3.25. The number of aromatic nitrogens is 2. The molecule has 1 atom stereocenters. The molecule has 0 bridgehead atoms. The summed E-state index contributed by atoms with van der Waals surface area (Å²) in [5, 5.41) is 14.0. The smallest absolute Gasteiger partial charge is 0.159 e. The van der Waals surface area contributed by atoms with E-state index in [9.17, 15) is 10.1 Å². The summed E-state index contributed by atoms with van der Waals surface area (Å²) in [7, 11) is 0. The van der Waals surface area contributed by atoms with E-state index < -0.39 is 5.41 Å². The lowest BCUT2D eigenvalue weighted by Crippen LogP contribution is -2.33. The number of rotatable bonds is 3. The number of hydrogen-bond donors (Lipinski definition) is 0. The van der Waals surface area contributed by atoms with Crippen LogP contribution in [-0.2, 0) is 11.2 Å². The lowest BCUT2D eigenvalue weighted by atomic mass is 9.78. The van der Waals surface area contributed by atoms with Gasteiger partial charge in [0.05, 0.1) is 11.8 Å². The molecule has 0 N–H and O–H groups in total. The first-order chi connectivity index (χ1) is 8.81. The standard InChI is InChI=1S/C15H21N3O/c1-11(2)18-8-5-12(17-18)9-15(10-16)7-6-14(3,4)13(15)19/h5,8,11H,6-7,9H2,1-4H3. The third kappa shape index (κ3) is 2.30. The minimum Gasteiger partial charge on any atom is -0.297 e. The third-order valence-electron chi connectivity index (χ3n) is 4.12. The zero-order valence-electron chi connectivity index (χ0n) is 12.1. The molecule has 0 aliphatic heterocycles. The van der Waals surface area contributed by atoms with Crippen LogP contribution in [0.15, 0.2) is 12.3 Å². The number of carbonyl (C=O) groups is 1. The number of carbonyl (C=O) groups excluding carboxylic acids is 1. The van der Waals surface area contributed by atoms with Gasteiger partial charge in [-0.3, -0.25) is 9.48 Å². The second-order valence-electron chi connectivity index (χ2n) is 6.46. The van der Waals surface area contributed by atoms with Gasteiger partial charge in [0.1, 0.15) is 5.41 Å². The minimum absolute atomic E-state index is 0.0709. The van der Waals surface area contributed by atoms with Crippen molar-refractivity contribution in [2.45, 2.75) is 53.0 Å². The van der Waals surface area contributed by atoms with Crippen molar-refractivity contribution in [2.24, 2.45) is 10.8 Å². The van der Waals surface area contributed by atoms with Gasteiger partial charge < -0.3 is 0 Å². The molecule has 1 aromatic heterocycles. The van der Waals surface area contributed by atoms with Gasteiger partial charge in [-0.15, -0.1) is 0 Å². The minimum atomic E-state index is -0.875. The number of nitriles is 1. The van der Waals surface area contributed by atoms with Crippen LogP contribution >= 0.6 is 0 Å². The first kappa shape index (κ1) is 13.8. The highest BCUT2D eigenvalue weighted by atomic mass is 16.1. The van der Waals surface area contributed by atoms with Crippen LogP contribution in [0, 0.1) is 22.2 Å². The number of hydrogen-bond acceptors (Lipinski definition) is 3. The Hall–Kier alpha value is -1.63. The Morgan fingerprint density at radius 1 is 1.47 bits per heavy atom. The van der Waals surface area contributed by atoms with Gasteiger partial charge in [-0.1, -0.05) is 13.8 Å². The highest BCUT2D eigenvalue weighted by Crippen LogP contribution is 2.47. The molecule has 0 saturated heterocycles. The van der Waals surface area contributed by atoms with Gasteiger partial charge in [0.2, 0.25) is 0 Å². The average molecular weight is 259 g/mol. The summed E-state index contributed by atoms with van der Waals surface area (Å²) in [4.78, 5) is 12.5. The maximum absolute atomic E-state index is 12.5. The van der Waals surface area contributed by atoms with E-state index in [-0.39, 0.29) is 11.2 Å². The molecular formula is C15H21N3O. The van der Waals surface area contributed by atoms with Crippen LogP contribution in [0.4, 0.5) is 0 Å². The van der Waals surface area contributed by atoms with Crippen molar-refractivity contribution in [3.8, 4) is 6.07 Å². The fourth-order valence-electron chi connectivity index (χ4n) is 2.78. The number of ketones is 1. The summed E-state index contributed by atoms with van der Waals surface area (Å²) in [5.41, 5.74) is -0.419. The first-order valence-corrected chi connectivity index (χ1v) is 6.81. The molecule has 1 aliphatic rings. The molecule has 19 heavy (non-hydrogen) atoms. The maximum Gasteiger partial charge on any atom is 0.159 e. The second-order valence-corrected chi connectivity index (χ2v) is 6.46. The SMILES string of the molecule is CC(C)n1ccc(CC2(C#N)CCC(C)(C)C2=O)n1. The Morgan fingerprint density at radius 3 is 2.58 bits per heavy atom. The molecule has 0 spiro atoms. The van der Waals surface area contributed by atoms with Gasteiger partial charge >= 0.3 is 0 Å². The molecule has 0 radical (unpaired) electrons. The van der Waals surface area contributed by atoms with E-state index in [2.05, 4.69) is 25.0 Å². The van der Waals surface area contributed by atoms with Crippen molar-refractivity contribution < 1.29 is 4.79 Å². The summed E-state index contributed by atoms with van der Waals surface area (Å²) in [5.74, 6) is 0.0709. The van der Waals surface area contributed by atoms with Crippen molar-refractivity contribution in [3.05, 3.63) is 18.0 Å². The van der Waals surface area contributed by atoms with E-state index >= 15 is 0 Å². The molecule has 4 heteroatoms. The first-order valence-electron chi connectivity index (χ1n) is 6.81. The maximum atomic E-state index is 12.5. The lowest BCUT2D eigenvalue weighted by molar-refractivity contribution is -0.130. The molecule has 1 heterocycles. The highest BCUT2D eigenvalue weighted by molar-refractivity contribution is 5.94. The quantitative estimate of drug-likeness (QED) is 0.838. The molecule has 2 rings (SSSR count). The average Bonchev–Trinajstić information content (AvgIpc) is 2.89. The van der Waals surface area contributed by atoms with Gasteiger partial charge in [0.25, 0.3) is 0 Å². The molecular weight excluding hydrogens is 238 g/mol. The van der Waals surface area contributed by atoms with E-state index in [1.807, 2.05) is 30.8 Å². The Balaban J connectivity index is 2.25. The van der Waals surface area contributed by atoms with Crippen molar-refractivity contribution in [1.82, 2.24) is 9.78 Å². The molecule has 1 saturated carbocycles. The van der Waals surface area contributed by atoms with Crippen LogP contribution in [0.1, 0.15) is 52.3 Å². The Bertz CT molecular complexity index is 536. The van der Waals surface area contributed by atoms with Crippen LogP contribution in [0.5, 0.6) is 0 Å². The third-order valence-corrected chi connectivity index (χ3v) is 4.12. The number of Topliss-reactive ketones (excluding diaryl/α,β-unsaturated/α-hetero) is 1. The van der Waals surface area contributed by atoms with Crippen LogP contribution in [0.2, 0.25) is 0 Å². The summed E-state index contributed by atoms with van der Waals surface area (Å²) < 4.78 is 1.87. The summed E-state index contributed by atoms with van der Waals surface area (Å²) in [6.07, 6.45) is 3.77. The van der Waals surface area contributed by atoms with Crippen molar-refractivity contribution in [2.75, 3.05) is 0 Å². The van der Waals surface area contributed by atoms with Gasteiger partial charge in [-0.25, -0.2) is 0 Å². The predicted molar refractivity (Wildman–Crippen MR) is 72.4 cm³/mol. The van der Waals surface area contributed by atoms with E-state index in [0.29, 0.717) is 18.9 Å². The molecule has 1 aromatic rings. The van der Waals surface area contributed by atoms with Gasteiger partial charge in [0.15, 0.2) is 5.78 Å². The zero-order chi connectivity index (χ0) is 14.3. The fourth-order valence-corrected chi connectivity index (χ4v) is 2.78. The molecule has 102 valence electrons. The molecule has 1 fully saturated rings. The fraction of sp³-hybridized carbons (Fsp3) is 0.667. The van der Waals surface area contributed by atoms with Crippen molar-refractivity contribution >= 4 is 5.78 Å². The normalized spacial score (nSPS) is 25.8.